The molecule has 0 amide bonds. The molecule has 0 bridgehead atoms. The van der Waals surface area contributed by atoms with Crippen LogP contribution in [0, 0.1) is 0 Å². The van der Waals surface area contributed by atoms with E-state index in [2.05, 4.69) is 6.07 Å². The van der Waals surface area contributed by atoms with Crippen molar-refractivity contribution >= 4 is 10.8 Å². The van der Waals surface area contributed by atoms with Crippen LogP contribution in [0.25, 0.3) is 10.8 Å². The van der Waals surface area contributed by atoms with Crippen molar-refractivity contribution in [3.8, 4) is 5.75 Å². The van der Waals surface area contributed by atoms with Crippen LogP contribution in [0.2, 0.25) is 0 Å². The van der Waals surface area contributed by atoms with Crippen LogP contribution in [0.15, 0.2) is 36.4 Å². The smallest absolute Gasteiger partial charge is 0.126 e. The molecule has 0 spiro atoms. The normalized spacial score (nSPS) is 12.6. The number of fused-ring (bicyclic) bond motifs is 1. The van der Waals surface area contributed by atoms with E-state index in [0.29, 0.717) is 6.54 Å². The summed E-state index contributed by atoms with van der Waals surface area (Å²) in [6, 6.07) is 12.1. The molecule has 0 heterocycles. The van der Waals surface area contributed by atoms with Crippen molar-refractivity contribution < 1.29 is 9.47 Å². The zero-order chi connectivity index (χ0) is 12.3. The third kappa shape index (κ3) is 2.12. The summed E-state index contributed by atoms with van der Waals surface area (Å²) >= 11 is 0. The van der Waals surface area contributed by atoms with E-state index in [0.717, 1.165) is 22.1 Å². The molecule has 17 heavy (non-hydrogen) atoms. The Kier molecular flexibility index (Phi) is 3.61. The van der Waals surface area contributed by atoms with Crippen LogP contribution < -0.4 is 10.5 Å². The zero-order valence-electron chi connectivity index (χ0n) is 10.1. The molecule has 0 saturated carbocycles. The van der Waals surface area contributed by atoms with Gasteiger partial charge in [0, 0.05) is 19.0 Å². The van der Waals surface area contributed by atoms with Crippen molar-refractivity contribution in [2.24, 2.45) is 5.73 Å². The molecule has 1 unspecified atom stereocenters. The van der Waals surface area contributed by atoms with Crippen LogP contribution in [-0.4, -0.2) is 20.8 Å². The standard InChI is InChI=1S/C14H17NO2/c1-16-13-8-7-12(14(9-15)17-2)10-5-3-4-6-11(10)13/h3-8,14H,9,15H2,1-2H3. The van der Waals surface area contributed by atoms with Crippen LogP contribution in [0.1, 0.15) is 11.7 Å². The first-order valence-corrected chi connectivity index (χ1v) is 5.60. The molecule has 90 valence electrons. The lowest BCUT2D eigenvalue weighted by Crippen LogP contribution is -2.14. The fraction of sp³-hybridized carbons (Fsp3) is 0.286. The van der Waals surface area contributed by atoms with E-state index >= 15 is 0 Å². The van der Waals surface area contributed by atoms with Gasteiger partial charge in [0.15, 0.2) is 0 Å². The highest BCUT2D eigenvalue weighted by molar-refractivity contribution is 5.91. The van der Waals surface area contributed by atoms with Gasteiger partial charge in [-0.1, -0.05) is 30.3 Å². The van der Waals surface area contributed by atoms with E-state index in [4.69, 9.17) is 15.2 Å². The Balaban J connectivity index is 2.66. The summed E-state index contributed by atoms with van der Waals surface area (Å²) in [6.45, 7) is 0.465. The molecule has 2 aromatic carbocycles. The summed E-state index contributed by atoms with van der Waals surface area (Å²) in [5, 5.41) is 2.21. The van der Waals surface area contributed by atoms with Crippen LogP contribution in [0.4, 0.5) is 0 Å². The predicted octanol–water partition coefficient (Wildman–Crippen LogP) is 2.49. The highest BCUT2D eigenvalue weighted by atomic mass is 16.5. The van der Waals surface area contributed by atoms with Gasteiger partial charge in [0.25, 0.3) is 0 Å². The van der Waals surface area contributed by atoms with E-state index < -0.39 is 0 Å². The molecule has 2 aromatic rings. The van der Waals surface area contributed by atoms with Crippen molar-refractivity contribution in [3.05, 3.63) is 42.0 Å². The molecule has 3 nitrogen and oxygen atoms in total. The lowest BCUT2D eigenvalue weighted by molar-refractivity contribution is 0.111. The van der Waals surface area contributed by atoms with Crippen molar-refractivity contribution in [1.29, 1.82) is 0 Å². The van der Waals surface area contributed by atoms with Crippen molar-refractivity contribution in [3.63, 3.8) is 0 Å². The Morgan fingerprint density at radius 3 is 2.35 bits per heavy atom. The molecule has 1 atom stereocenters. The highest BCUT2D eigenvalue weighted by Gasteiger charge is 2.13. The summed E-state index contributed by atoms with van der Waals surface area (Å²) in [7, 11) is 3.36. The monoisotopic (exact) mass is 231 g/mol. The Morgan fingerprint density at radius 1 is 1.06 bits per heavy atom. The van der Waals surface area contributed by atoms with Crippen molar-refractivity contribution in [2.45, 2.75) is 6.10 Å². The summed E-state index contributed by atoms with van der Waals surface area (Å²) in [5.41, 5.74) is 6.82. The van der Waals surface area contributed by atoms with Gasteiger partial charge in [-0.15, -0.1) is 0 Å². The van der Waals surface area contributed by atoms with E-state index in [1.165, 1.54) is 0 Å². The molecule has 2 rings (SSSR count). The van der Waals surface area contributed by atoms with Gasteiger partial charge in [0.1, 0.15) is 5.75 Å². The number of ether oxygens (including phenoxy) is 2. The summed E-state index contributed by atoms with van der Waals surface area (Å²) < 4.78 is 10.8. The first-order chi connectivity index (χ1) is 8.31. The number of benzene rings is 2. The van der Waals surface area contributed by atoms with Gasteiger partial charge >= 0.3 is 0 Å². The molecule has 0 aromatic heterocycles. The van der Waals surface area contributed by atoms with Gasteiger partial charge < -0.3 is 15.2 Å². The number of methoxy groups -OCH3 is 2. The first-order valence-electron chi connectivity index (χ1n) is 5.60. The van der Waals surface area contributed by atoms with Crippen LogP contribution in [0.5, 0.6) is 5.75 Å². The summed E-state index contributed by atoms with van der Waals surface area (Å²) in [6.07, 6.45) is -0.0780. The molecular formula is C14H17NO2. The highest BCUT2D eigenvalue weighted by Crippen LogP contribution is 2.32. The second kappa shape index (κ2) is 5.17. The average Bonchev–Trinajstić information content (AvgIpc) is 2.40. The summed E-state index contributed by atoms with van der Waals surface area (Å²) in [5.74, 6) is 0.872. The van der Waals surface area contributed by atoms with Crippen molar-refractivity contribution in [2.75, 3.05) is 20.8 Å². The molecule has 3 heteroatoms. The van der Waals surface area contributed by atoms with E-state index in [-0.39, 0.29) is 6.10 Å². The fourth-order valence-electron chi connectivity index (χ4n) is 2.10. The minimum atomic E-state index is -0.0780. The zero-order valence-corrected chi connectivity index (χ0v) is 10.1. The number of rotatable bonds is 4. The van der Waals surface area contributed by atoms with Crippen molar-refractivity contribution in [1.82, 2.24) is 0 Å². The molecule has 0 fully saturated rings. The van der Waals surface area contributed by atoms with Gasteiger partial charge in [0.2, 0.25) is 0 Å². The minimum Gasteiger partial charge on any atom is -0.496 e. The third-order valence-corrected chi connectivity index (χ3v) is 2.98. The van der Waals surface area contributed by atoms with Crippen LogP contribution in [0.3, 0.4) is 0 Å². The Hall–Kier alpha value is -1.58. The molecule has 0 saturated heterocycles. The van der Waals surface area contributed by atoms with Gasteiger partial charge in [-0.05, 0) is 17.0 Å². The lowest BCUT2D eigenvalue weighted by Gasteiger charge is -2.17. The number of hydrogen-bond donors (Lipinski definition) is 1. The number of nitrogens with two attached hydrogens (primary N) is 1. The maximum Gasteiger partial charge on any atom is 0.126 e. The Labute approximate surface area is 101 Å². The minimum absolute atomic E-state index is 0.0780. The predicted molar refractivity (Wildman–Crippen MR) is 69.3 cm³/mol. The Morgan fingerprint density at radius 2 is 1.76 bits per heavy atom. The first kappa shape index (κ1) is 11.9. The maximum atomic E-state index is 5.72. The Bertz CT molecular complexity index is 507. The average molecular weight is 231 g/mol. The van der Waals surface area contributed by atoms with Gasteiger partial charge in [-0.25, -0.2) is 0 Å². The maximum absolute atomic E-state index is 5.72. The molecule has 2 N–H and O–H groups in total. The van der Waals surface area contributed by atoms with Gasteiger partial charge in [0.05, 0.1) is 13.2 Å². The second-order valence-corrected chi connectivity index (χ2v) is 3.86. The fourth-order valence-corrected chi connectivity index (χ4v) is 2.10. The van der Waals surface area contributed by atoms with E-state index in [1.807, 2.05) is 30.3 Å². The van der Waals surface area contributed by atoms with Crippen LogP contribution >= 0.6 is 0 Å². The summed E-state index contributed by atoms with van der Waals surface area (Å²) in [4.78, 5) is 0. The molecule has 0 radical (unpaired) electrons. The molecule has 0 aliphatic rings. The topological polar surface area (TPSA) is 44.5 Å². The number of hydrogen-bond acceptors (Lipinski definition) is 3. The SMILES string of the molecule is COc1ccc(C(CN)OC)c2ccccc12. The second-order valence-electron chi connectivity index (χ2n) is 3.86. The quantitative estimate of drug-likeness (QED) is 0.879. The van der Waals surface area contributed by atoms with Gasteiger partial charge in [-0.2, -0.15) is 0 Å². The van der Waals surface area contributed by atoms with E-state index in [9.17, 15) is 0 Å². The largest absolute Gasteiger partial charge is 0.496 e. The molecule has 0 aliphatic carbocycles. The third-order valence-electron chi connectivity index (χ3n) is 2.98. The van der Waals surface area contributed by atoms with Gasteiger partial charge in [-0.3, -0.25) is 0 Å². The molecular weight excluding hydrogens is 214 g/mol. The van der Waals surface area contributed by atoms with Crippen LogP contribution in [-0.2, 0) is 4.74 Å². The molecule has 0 aliphatic heterocycles. The lowest BCUT2D eigenvalue weighted by atomic mass is 9.99. The van der Waals surface area contributed by atoms with E-state index in [1.54, 1.807) is 14.2 Å².